The second-order valence-corrected chi connectivity index (χ2v) is 6.57. The van der Waals surface area contributed by atoms with E-state index in [0.717, 1.165) is 4.70 Å². The maximum absolute atomic E-state index is 14.1. The van der Waals surface area contributed by atoms with E-state index in [-0.39, 0.29) is 5.75 Å². The SMILES string of the molecule is CC(Oc1cc2sc(N)nc2cc1F)c1c(Cl)cccc1Cl. The van der Waals surface area contributed by atoms with Crippen molar-refractivity contribution >= 4 is 49.9 Å². The fourth-order valence-corrected chi connectivity index (χ4v) is 3.64. The molecule has 0 aliphatic heterocycles. The number of hydrogen-bond donors (Lipinski definition) is 1. The van der Waals surface area contributed by atoms with Crippen LogP contribution in [0.4, 0.5) is 9.52 Å². The molecule has 0 saturated carbocycles. The second kappa shape index (κ2) is 5.91. The molecule has 22 heavy (non-hydrogen) atoms. The summed E-state index contributed by atoms with van der Waals surface area (Å²) < 4.78 is 20.6. The maximum Gasteiger partial charge on any atom is 0.181 e. The molecule has 0 fully saturated rings. The Kier molecular flexibility index (Phi) is 4.12. The fraction of sp³-hybridized carbons (Fsp3) is 0.133. The van der Waals surface area contributed by atoms with E-state index >= 15 is 0 Å². The molecular formula is C15H11Cl2FN2OS. The van der Waals surface area contributed by atoms with Crippen LogP contribution in [0, 0.1) is 5.82 Å². The summed E-state index contributed by atoms with van der Waals surface area (Å²) in [6.07, 6.45) is -0.501. The molecule has 0 amide bonds. The second-order valence-electron chi connectivity index (χ2n) is 4.70. The molecule has 0 saturated heterocycles. The molecule has 0 aliphatic carbocycles. The van der Waals surface area contributed by atoms with Gasteiger partial charge in [-0.3, -0.25) is 0 Å². The number of rotatable bonds is 3. The zero-order chi connectivity index (χ0) is 15.9. The Labute approximate surface area is 140 Å². The number of hydrogen-bond acceptors (Lipinski definition) is 4. The van der Waals surface area contributed by atoms with Crippen molar-refractivity contribution < 1.29 is 9.13 Å². The number of nitrogens with zero attached hydrogens (tertiary/aromatic N) is 1. The Morgan fingerprint density at radius 2 is 1.95 bits per heavy atom. The molecule has 2 N–H and O–H groups in total. The molecule has 0 bridgehead atoms. The lowest BCUT2D eigenvalue weighted by atomic mass is 10.1. The minimum Gasteiger partial charge on any atom is -0.483 e. The number of ether oxygens (including phenoxy) is 1. The van der Waals surface area contributed by atoms with Crippen molar-refractivity contribution in [2.75, 3.05) is 5.73 Å². The lowest BCUT2D eigenvalue weighted by Gasteiger charge is -2.18. The normalized spacial score (nSPS) is 12.5. The summed E-state index contributed by atoms with van der Waals surface area (Å²) in [5.41, 5.74) is 6.76. The van der Waals surface area contributed by atoms with Gasteiger partial charge in [-0.15, -0.1) is 0 Å². The van der Waals surface area contributed by atoms with Crippen molar-refractivity contribution in [2.45, 2.75) is 13.0 Å². The van der Waals surface area contributed by atoms with Crippen molar-refractivity contribution in [2.24, 2.45) is 0 Å². The average molecular weight is 357 g/mol. The highest BCUT2D eigenvalue weighted by atomic mass is 35.5. The van der Waals surface area contributed by atoms with Gasteiger partial charge in [-0.2, -0.15) is 0 Å². The standard InChI is InChI=1S/C15H11Cl2FN2OS/c1-7(14-8(16)3-2-4-9(14)17)21-12-6-13-11(5-10(12)18)20-15(19)22-13/h2-7H,1H3,(H2,19,20). The van der Waals surface area contributed by atoms with Gasteiger partial charge in [0.1, 0.15) is 6.10 Å². The van der Waals surface area contributed by atoms with Crippen LogP contribution in [0.1, 0.15) is 18.6 Å². The van der Waals surface area contributed by atoms with Crippen LogP contribution in [0.25, 0.3) is 10.2 Å². The Morgan fingerprint density at radius 3 is 2.64 bits per heavy atom. The van der Waals surface area contributed by atoms with Crippen LogP contribution in [-0.4, -0.2) is 4.98 Å². The summed E-state index contributed by atoms with van der Waals surface area (Å²) >= 11 is 13.6. The smallest absolute Gasteiger partial charge is 0.181 e. The molecule has 1 heterocycles. The Balaban J connectivity index is 1.97. The summed E-state index contributed by atoms with van der Waals surface area (Å²) in [7, 11) is 0. The number of fused-ring (bicyclic) bond motifs is 1. The van der Waals surface area contributed by atoms with Gasteiger partial charge in [0.2, 0.25) is 0 Å². The van der Waals surface area contributed by atoms with Gasteiger partial charge in [0.15, 0.2) is 16.7 Å². The highest BCUT2D eigenvalue weighted by molar-refractivity contribution is 7.22. The van der Waals surface area contributed by atoms with E-state index in [2.05, 4.69) is 4.98 Å². The van der Waals surface area contributed by atoms with E-state index in [1.807, 2.05) is 0 Å². The third kappa shape index (κ3) is 2.84. The molecule has 2 aromatic carbocycles. The lowest BCUT2D eigenvalue weighted by molar-refractivity contribution is 0.217. The first-order chi connectivity index (χ1) is 10.5. The number of nitrogens with two attached hydrogens (primary N) is 1. The Morgan fingerprint density at radius 1 is 1.27 bits per heavy atom. The zero-order valence-electron chi connectivity index (χ0n) is 11.4. The summed E-state index contributed by atoms with van der Waals surface area (Å²) in [5, 5.41) is 1.33. The van der Waals surface area contributed by atoms with Crippen LogP contribution < -0.4 is 10.5 Å². The molecule has 7 heteroatoms. The van der Waals surface area contributed by atoms with Gasteiger partial charge in [-0.05, 0) is 19.1 Å². The van der Waals surface area contributed by atoms with Crippen LogP contribution in [0.3, 0.4) is 0 Å². The van der Waals surface area contributed by atoms with Crippen LogP contribution in [-0.2, 0) is 0 Å². The average Bonchev–Trinajstić information content (AvgIpc) is 2.78. The quantitative estimate of drug-likeness (QED) is 0.677. The molecule has 3 nitrogen and oxygen atoms in total. The predicted octanol–water partition coefficient (Wildman–Crippen LogP) is 5.46. The number of benzene rings is 2. The van der Waals surface area contributed by atoms with E-state index in [4.69, 9.17) is 33.7 Å². The highest BCUT2D eigenvalue weighted by Crippen LogP contribution is 2.36. The van der Waals surface area contributed by atoms with Gasteiger partial charge in [0, 0.05) is 27.7 Å². The van der Waals surface area contributed by atoms with Crippen LogP contribution in [0.15, 0.2) is 30.3 Å². The van der Waals surface area contributed by atoms with Gasteiger partial charge in [0.05, 0.1) is 10.2 Å². The molecule has 1 aromatic heterocycles. The number of nitrogen functional groups attached to an aromatic ring is 1. The molecule has 0 aliphatic rings. The summed E-state index contributed by atoms with van der Waals surface area (Å²) in [6, 6.07) is 8.06. The number of aromatic nitrogens is 1. The summed E-state index contributed by atoms with van der Waals surface area (Å²) in [5.74, 6) is -0.396. The Bertz CT molecular complexity index is 833. The topological polar surface area (TPSA) is 48.1 Å². The predicted molar refractivity (Wildman–Crippen MR) is 89.5 cm³/mol. The minimum atomic E-state index is -0.507. The van der Waals surface area contributed by atoms with E-state index in [0.29, 0.717) is 26.3 Å². The maximum atomic E-state index is 14.1. The number of halogens is 3. The van der Waals surface area contributed by atoms with Gasteiger partial charge < -0.3 is 10.5 Å². The third-order valence-electron chi connectivity index (χ3n) is 3.17. The van der Waals surface area contributed by atoms with E-state index in [1.54, 1.807) is 31.2 Å². The minimum absolute atomic E-state index is 0.111. The van der Waals surface area contributed by atoms with Crippen molar-refractivity contribution in [1.82, 2.24) is 4.98 Å². The number of thiazole rings is 1. The van der Waals surface area contributed by atoms with E-state index < -0.39 is 11.9 Å². The van der Waals surface area contributed by atoms with Crippen LogP contribution >= 0.6 is 34.5 Å². The summed E-state index contributed by atoms with van der Waals surface area (Å²) in [4.78, 5) is 4.04. The largest absolute Gasteiger partial charge is 0.483 e. The van der Waals surface area contributed by atoms with Crippen molar-refractivity contribution in [3.8, 4) is 5.75 Å². The van der Waals surface area contributed by atoms with Crippen LogP contribution in [0.2, 0.25) is 10.0 Å². The van der Waals surface area contributed by atoms with Gasteiger partial charge in [-0.25, -0.2) is 9.37 Å². The zero-order valence-corrected chi connectivity index (χ0v) is 13.8. The first kappa shape index (κ1) is 15.3. The monoisotopic (exact) mass is 356 g/mol. The summed E-state index contributed by atoms with van der Waals surface area (Å²) in [6.45, 7) is 1.76. The first-order valence-electron chi connectivity index (χ1n) is 6.42. The Hall–Kier alpha value is -1.56. The molecule has 1 unspecified atom stereocenters. The fourth-order valence-electron chi connectivity index (χ4n) is 2.19. The lowest BCUT2D eigenvalue weighted by Crippen LogP contribution is -2.06. The molecular weight excluding hydrogens is 346 g/mol. The molecule has 3 rings (SSSR count). The number of anilines is 1. The first-order valence-corrected chi connectivity index (χ1v) is 7.99. The molecule has 3 aromatic rings. The van der Waals surface area contributed by atoms with Gasteiger partial charge >= 0.3 is 0 Å². The molecule has 0 radical (unpaired) electrons. The van der Waals surface area contributed by atoms with Crippen molar-refractivity contribution in [3.63, 3.8) is 0 Å². The highest BCUT2D eigenvalue weighted by Gasteiger charge is 2.18. The van der Waals surface area contributed by atoms with Gasteiger partial charge in [-0.1, -0.05) is 40.6 Å². The van der Waals surface area contributed by atoms with E-state index in [1.165, 1.54) is 17.4 Å². The van der Waals surface area contributed by atoms with Crippen molar-refractivity contribution in [1.29, 1.82) is 0 Å². The van der Waals surface area contributed by atoms with Gasteiger partial charge in [0.25, 0.3) is 0 Å². The van der Waals surface area contributed by atoms with Crippen molar-refractivity contribution in [3.05, 3.63) is 51.8 Å². The van der Waals surface area contributed by atoms with Crippen LogP contribution in [0.5, 0.6) is 5.75 Å². The molecule has 1 atom stereocenters. The molecule has 0 spiro atoms. The third-order valence-corrected chi connectivity index (χ3v) is 4.68. The molecule has 114 valence electrons. The van der Waals surface area contributed by atoms with E-state index in [9.17, 15) is 4.39 Å².